The molecule has 2 aromatic rings. The zero-order valence-corrected chi connectivity index (χ0v) is 18.0. The van der Waals surface area contributed by atoms with E-state index < -0.39 is 5.54 Å². The van der Waals surface area contributed by atoms with Crippen LogP contribution >= 0.6 is 0 Å². The number of amides is 1. The Labute approximate surface area is 177 Å². The largest absolute Gasteiger partial charge is 0.481 e. The van der Waals surface area contributed by atoms with E-state index in [0.29, 0.717) is 24.5 Å². The number of hydrogen-bond acceptors (Lipinski definition) is 5. The maximum atomic E-state index is 13.1. The average Bonchev–Trinajstić information content (AvgIpc) is 3.10. The lowest BCUT2D eigenvalue weighted by molar-refractivity contribution is 0.0785. The Bertz CT molecular complexity index is 964. The fraction of sp³-hybridized carbons (Fsp3) is 0.435. The van der Waals surface area contributed by atoms with E-state index in [1.54, 1.807) is 25.4 Å². The first-order valence-electron chi connectivity index (χ1n) is 10.3. The standard InChI is InChI=1S/C23H29N5O2/c1-22(2,3)27-21-23(25-14-16-7-5-6-8-18(16)26-21)11-12-28(15-23)20(29)17-9-10-19(30-4)24-13-17/h5-10,13,25H,11-12,14-15H2,1-4H3,(H,26,27)/t23-/m0/s1. The second-order valence-corrected chi connectivity index (χ2v) is 8.91. The molecule has 1 saturated heterocycles. The monoisotopic (exact) mass is 407 g/mol. The molecule has 2 aliphatic rings. The van der Waals surface area contributed by atoms with Crippen molar-refractivity contribution in [3.63, 3.8) is 0 Å². The number of nitrogens with one attached hydrogen (secondary N) is 2. The third-order valence-corrected chi connectivity index (χ3v) is 5.54. The zero-order chi connectivity index (χ0) is 21.4. The molecular weight excluding hydrogens is 378 g/mol. The van der Waals surface area contributed by atoms with E-state index in [1.165, 1.54) is 5.56 Å². The van der Waals surface area contributed by atoms with Gasteiger partial charge in [-0.2, -0.15) is 0 Å². The van der Waals surface area contributed by atoms with Crippen LogP contribution in [0.3, 0.4) is 0 Å². The summed E-state index contributed by atoms with van der Waals surface area (Å²) in [7, 11) is 1.56. The summed E-state index contributed by atoms with van der Waals surface area (Å²) in [6.07, 6.45) is 2.36. The summed E-state index contributed by atoms with van der Waals surface area (Å²) in [6, 6.07) is 11.7. The van der Waals surface area contributed by atoms with Crippen molar-refractivity contribution in [2.75, 3.05) is 25.5 Å². The van der Waals surface area contributed by atoms with Gasteiger partial charge in [0.15, 0.2) is 0 Å². The van der Waals surface area contributed by atoms with E-state index in [4.69, 9.17) is 9.73 Å². The Morgan fingerprint density at radius 1 is 1.23 bits per heavy atom. The van der Waals surface area contributed by atoms with Crippen molar-refractivity contribution >= 4 is 17.4 Å². The minimum atomic E-state index is -0.415. The maximum absolute atomic E-state index is 13.1. The van der Waals surface area contributed by atoms with Gasteiger partial charge in [-0.05, 0) is 44.9 Å². The molecule has 1 spiro atoms. The molecule has 30 heavy (non-hydrogen) atoms. The smallest absolute Gasteiger partial charge is 0.255 e. The van der Waals surface area contributed by atoms with Gasteiger partial charge >= 0.3 is 0 Å². The molecule has 4 rings (SSSR count). The summed E-state index contributed by atoms with van der Waals surface area (Å²) in [5, 5.41) is 7.30. The fourth-order valence-corrected chi connectivity index (χ4v) is 3.99. The molecule has 0 unspecified atom stereocenters. The molecule has 2 aliphatic heterocycles. The highest BCUT2D eigenvalue weighted by Gasteiger charge is 2.46. The van der Waals surface area contributed by atoms with Crippen LogP contribution in [0.4, 0.5) is 5.69 Å². The molecule has 1 atom stereocenters. The molecule has 2 N–H and O–H groups in total. The van der Waals surface area contributed by atoms with Crippen molar-refractivity contribution < 1.29 is 9.53 Å². The van der Waals surface area contributed by atoms with E-state index in [9.17, 15) is 4.79 Å². The Balaban J connectivity index is 1.63. The molecule has 3 heterocycles. The SMILES string of the molecule is COc1ccc(C(=O)N2CC[C@@]3(C2)NCc2ccccc2NC3=NC(C)(C)C)cn1. The van der Waals surface area contributed by atoms with Gasteiger partial charge < -0.3 is 15.0 Å². The second kappa shape index (κ2) is 7.72. The van der Waals surface area contributed by atoms with Crippen LogP contribution in [0, 0.1) is 0 Å². The normalized spacial score (nSPS) is 22.5. The zero-order valence-electron chi connectivity index (χ0n) is 18.0. The van der Waals surface area contributed by atoms with Crippen molar-refractivity contribution in [1.82, 2.24) is 15.2 Å². The molecular formula is C23H29N5O2. The molecule has 1 fully saturated rings. The first-order valence-corrected chi connectivity index (χ1v) is 10.3. The van der Waals surface area contributed by atoms with Crippen LogP contribution in [0.5, 0.6) is 5.88 Å². The number of ether oxygens (including phenoxy) is 1. The molecule has 7 nitrogen and oxygen atoms in total. The molecule has 0 saturated carbocycles. The van der Waals surface area contributed by atoms with Crippen LogP contribution in [0.2, 0.25) is 0 Å². The van der Waals surface area contributed by atoms with Crippen molar-refractivity contribution in [3.8, 4) is 5.88 Å². The van der Waals surface area contributed by atoms with Gasteiger partial charge in [0.1, 0.15) is 5.84 Å². The molecule has 158 valence electrons. The Morgan fingerprint density at radius 2 is 2.03 bits per heavy atom. The number of carbonyl (C=O) groups is 1. The van der Waals surface area contributed by atoms with E-state index in [2.05, 4.69) is 48.5 Å². The van der Waals surface area contributed by atoms with Gasteiger partial charge in [0.2, 0.25) is 5.88 Å². The van der Waals surface area contributed by atoms with Crippen LogP contribution in [-0.4, -0.2) is 52.9 Å². The highest BCUT2D eigenvalue weighted by atomic mass is 16.5. The summed E-state index contributed by atoms with van der Waals surface area (Å²) < 4.78 is 5.10. The number of amidine groups is 1. The Morgan fingerprint density at radius 3 is 2.73 bits per heavy atom. The number of aliphatic imine (C=N–C) groups is 1. The van der Waals surface area contributed by atoms with Crippen LogP contribution < -0.4 is 15.4 Å². The maximum Gasteiger partial charge on any atom is 0.255 e. The molecule has 1 aromatic heterocycles. The van der Waals surface area contributed by atoms with Crippen LogP contribution in [0.1, 0.15) is 43.1 Å². The van der Waals surface area contributed by atoms with E-state index in [1.807, 2.05) is 17.0 Å². The van der Waals surface area contributed by atoms with Crippen LogP contribution in [0.15, 0.2) is 47.6 Å². The van der Waals surface area contributed by atoms with Gasteiger partial charge in [-0.3, -0.25) is 15.1 Å². The van der Waals surface area contributed by atoms with Gasteiger partial charge in [0, 0.05) is 37.6 Å². The summed E-state index contributed by atoms with van der Waals surface area (Å²) in [5.41, 5.74) is 2.16. The minimum Gasteiger partial charge on any atom is -0.481 e. The molecule has 0 aliphatic carbocycles. The summed E-state index contributed by atoms with van der Waals surface area (Å²) in [6.45, 7) is 8.19. The van der Waals surface area contributed by atoms with Gasteiger partial charge in [0.25, 0.3) is 5.91 Å². The third-order valence-electron chi connectivity index (χ3n) is 5.54. The van der Waals surface area contributed by atoms with Gasteiger partial charge in [-0.1, -0.05) is 18.2 Å². The highest BCUT2D eigenvalue weighted by Crippen LogP contribution is 2.31. The number of rotatable bonds is 2. The number of likely N-dealkylation sites (tertiary alicyclic amines) is 1. The van der Waals surface area contributed by atoms with Gasteiger partial charge in [-0.15, -0.1) is 0 Å². The number of carbonyl (C=O) groups excluding carboxylic acids is 1. The highest BCUT2D eigenvalue weighted by molar-refractivity contribution is 6.05. The molecule has 7 heteroatoms. The lowest BCUT2D eigenvalue weighted by atomic mass is 9.95. The summed E-state index contributed by atoms with van der Waals surface area (Å²) >= 11 is 0. The fourth-order valence-electron chi connectivity index (χ4n) is 3.99. The summed E-state index contributed by atoms with van der Waals surface area (Å²) in [5.74, 6) is 1.36. The molecule has 0 bridgehead atoms. The van der Waals surface area contributed by atoms with Crippen molar-refractivity contribution in [1.29, 1.82) is 0 Å². The number of benzene rings is 1. The number of para-hydroxylation sites is 1. The van der Waals surface area contributed by atoms with Crippen molar-refractivity contribution in [3.05, 3.63) is 53.7 Å². The minimum absolute atomic E-state index is 0.0271. The van der Waals surface area contributed by atoms with Crippen LogP contribution in [0.25, 0.3) is 0 Å². The first-order chi connectivity index (χ1) is 14.3. The predicted molar refractivity (Wildman–Crippen MR) is 118 cm³/mol. The molecule has 1 aromatic carbocycles. The van der Waals surface area contributed by atoms with Crippen LogP contribution in [-0.2, 0) is 6.54 Å². The quantitative estimate of drug-likeness (QED) is 0.800. The molecule has 1 amide bonds. The Hall–Kier alpha value is -2.93. The Kier molecular flexibility index (Phi) is 5.24. The lowest BCUT2D eigenvalue weighted by Gasteiger charge is -2.32. The number of hydrogen-bond donors (Lipinski definition) is 2. The number of fused-ring (bicyclic) bond motifs is 1. The summed E-state index contributed by atoms with van der Waals surface area (Å²) in [4.78, 5) is 24.2. The number of pyridine rings is 1. The van der Waals surface area contributed by atoms with Crippen molar-refractivity contribution in [2.24, 2.45) is 4.99 Å². The van der Waals surface area contributed by atoms with E-state index in [-0.39, 0.29) is 11.4 Å². The van der Waals surface area contributed by atoms with Gasteiger partial charge in [-0.25, -0.2) is 4.98 Å². The first kappa shape index (κ1) is 20.3. The predicted octanol–water partition coefficient (Wildman–Crippen LogP) is 3.09. The third kappa shape index (κ3) is 4.03. The number of anilines is 1. The van der Waals surface area contributed by atoms with E-state index >= 15 is 0 Å². The number of methoxy groups -OCH3 is 1. The number of nitrogens with zero attached hydrogens (tertiary/aromatic N) is 3. The number of aromatic nitrogens is 1. The second-order valence-electron chi connectivity index (χ2n) is 8.91. The average molecular weight is 408 g/mol. The van der Waals surface area contributed by atoms with Gasteiger partial charge in [0.05, 0.1) is 23.8 Å². The van der Waals surface area contributed by atoms with Crippen molar-refractivity contribution in [2.45, 2.75) is 44.8 Å². The topological polar surface area (TPSA) is 78.9 Å². The van der Waals surface area contributed by atoms with E-state index in [0.717, 1.165) is 24.5 Å². The lowest BCUT2D eigenvalue weighted by Crippen LogP contribution is -2.56. The molecule has 0 radical (unpaired) electrons.